The number of hydrogen-bond acceptors (Lipinski definition) is 3. The van der Waals surface area contributed by atoms with Crippen molar-refractivity contribution in [1.29, 1.82) is 0 Å². The van der Waals surface area contributed by atoms with Gasteiger partial charge >= 0.3 is 18.3 Å². The van der Waals surface area contributed by atoms with Crippen LogP contribution < -0.4 is 10.1 Å². The van der Waals surface area contributed by atoms with E-state index in [4.69, 9.17) is 4.74 Å². The van der Waals surface area contributed by atoms with E-state index in [2.05, 4.69) is 19.2 Å². The SMILES string of the molecule is CC.CCC.COc1cc(C2CC2C(=O)Nc2ccccc2C(=O)O)ccc1C(F)(F)C(F)F. The van der Waals surface area contributed by atoms with E-state index in [1.54, 1.807) is 6.07 Å². The first kappa shape index (κ1) is 28.9. The molecule has 188 valence electrons. The van der Waals surface area contributed by atoms with Crippen LogP contribution >= 0.6 is 0 Å². The van der Waals surface area contributed by atoms with E-state index in [9.17, 15) is 32.3 Å². The minimum atomic E-state index is -4.36. The number of anilines is 1. The van der Waals surface area contributed by atoms with Gasteiger partial charge in [0, 0.05) is 5.92 Å². The highest BCUT2D eigenvalue weighted by molar-refractivity contribution is 6.02. The molecule has 0 saturated heterocycles. The Kier molecular flexibility index (Phi) is 11.0. The number of aromatic carboxylic acids is 1. The summed E-state index contributed by atoms with van der Waals surface area (Å²) in [7, 11) is 1.10. The number of benzene rings is 2. The van der Waals surface area contributed by atoms with Crippen LogP contribution in [0.5, 0.6) is 5.75 Å². The van der Waals surface area contributed by atoms with Gasteiger partial charge in [-0.25, -0.2) is 13.6 Å². The van der Waals surface area contributed by atoms with Crippen LogP contribution in [0.1, 0.15) is 67.9 Å². The van der Waals surface area contributed by atoms with Crippen molar-refractivity contribution < 1.29 is 37.0 Å². The van der Waals surface area contributed by atoms with Gasteiger partial charge in [0.25, 0.3) is 0 Å². The smallest absolute Gasteiger partial charge is 0.337 e. The second-order valence-corrected chi connectivity index (χ2v) is 7.38. The summed E-state index contributed by atoms with van der Waals surface area (Å²) in [5.74, 6) is -7.14. The van der Waals surface area contributed by atoms with E-state index >= 15 is 0 Å². The molecule has 0 bridgehead atoms. The molecule has 9 heteroatoms. The second kappa shape index (κ2) is 13.0. The van der Waals surface area contributed by atoms with Gasteiger partial charge in [0.05, 0.1) is 23.9 Å². The van der Waals surface area contributed by atoms with Gasteiger partial charge in [-0.1, -0.05) is 52.3 Å². The number of para-hydroxylation sites is 1. The zero-order chi connectivity index (χ0) is 26.1. The van der Waals surface area contributed by atoms with Gasteiger partial charge in [-0.2, -0.15) is 8.78 Å². The number of rotatable bonds is 7. The fourth-order valence-electron chi connectivity index (χ4n) is 3.19. The number of amides is 1. The standard InChI is InChI=1S/C20H17F4NO4.C3H8.C2H6/c1-29-16-8-10(6-7-14(16)20(23,24)19(21)22)12-9-13(12)17(26)25-15-5-3-2-4-11(15)18(27)28;1-3-2;1-2/h2-8,12-13,19H,9H2,1H3,(H,25,26)(H,27,28);3H2,1-2H3;1-2H3. The number of carbonyl (C=O) groups excluding carboxylic acids is 1. The van der Waals surface area contributed by atoms with Crippen molar-refractivity contribution >= 4 is 17.6 Å². The van der Waals surface area contributed by atoms with E-state index in [1.807, 2.05) is 13.8 Å². The molecule has 0 radical (unpaired) electrons. The van der Waals surface area contributed by atoms with Crippen LogP contribution in [0.25, 0.3) is 0 Å². The van der Waals surface area contributed by atoms with Crippen molar-refractivity contribution in [1.82, 2.24) is 0 Å². The Hall–Kier alpha value is -3.10. The molecule has 34 heavy (non-hydrogen) atoms. The quantitative estimate of drug-likeness (QED) is 0.417. The molecule has 1 fully saturated rings. The molecule has 0 spiro atoms. The lowest BCUT2D eigenvalue weighted by molar-refractivity contribution is -0.136. The topological polar surface area (TPSA) is 75.6 Å². The van der Waals surface area contributed by atoms with Crippen LogP contribution in [0.3, 0.4) is 0 Å². The van der Waals surface area contributed by atoms with E-state index < -0.39 is 35.7 Å². The lowest BCUT2D eigenvalue weighted by Crippen LogP contribution is -2.24. The fraction of sp³-hybridized carbons (Fsp3) is 0.440. The van der Waals surface area contributed by atoms with Crippen molar-refractivity contribution in [2.75, 3.05) is 12.4 Å². The van der Waals surface area contributed by atoms with Gasteiger partial charge in [0.2, 0.25) is 5.91 Å². The predicted octanol–water partition coefficient (Wildman–Crippen LogP) is 6.94. The molecule has 1 aliphatic carbocycles. The van der Waals surface area contributed by atoms with Gasteiger partial charge in [0.15, 0.2) is 0 Å². The van der Waals surface area contributed by atoms with Gasteiger partial charge < -0.3 is 15.2 Å². The van der Waals surface area contributed by atoms with E-state index in [-0.39, 0.29) is 22.9 Å². The summed E-state index contributed by atoms with van der Waals surface area (Å²) < 4.78 is 57.5. The minimum absolute atomic E-state index is 0.0571. The van der Waals surface area contributed by atoms with Crippen LogP contribution in [0.4, 0.5) is 23.2 Å². The summed E-state index contributed by atoms with van der Waals surface area (Å²) in [6.07, 6.45) is -2.22. The largest absolute Gasteiger partial charge is 0.496 e. The summed E-state index contributed by atoms with van der Waals surface area (Å²) >= 11 is 0. The summed E-state index contributed by atoms with van der Waals surface area (Å²) in [6.45, 7) is 8.25. The minimum Gasteiger partial charge on any atom is -0.496 e. The van der Waals surface area contributed by atoms with Crippen molar-refractivity contribution in [3.63, 3.8) is 0 Å². The molecule has 3 rings (SSSR count). The maximum atomic E-state index is 13.7. The van der Waals surface area contributed by atoms with Crippen molar-refractivity contribution in [3.8, 4) is 5.75 Å². The molecule has 1 amide bonds. The Morgan fingerprint density at radius 2 is 1.74 bits per heavy atom. The van der Waals surface area contributed by atoms with E-state index in [0.29, 0.717) is 12.0 Å². The first-order valence-electron chi connectivity index (χ1n) is 11.1. The third kappa shape index (κ3) is 6.95. The Bertz CT molecular complexity index is 966. The van der Waals surface area contributed by atoms with E-state index in [1.165, 1.54) is 36.8 Å². The molecule has 2 atom stereocenters. The molecule has 2 aromatic carbocycles. The molecule has 0 aromatic heterocycles. The van der Waals surface area contributed by atoms with Crippen molar-refractivity contribution in [3.05, 3.63) is 59.2 Å². The maximum absolute atomic E-state index is 13.7. The molecular weight excluding hydrogens is 454 g/mol. The average molecular weight is 486 g/mol. The van der Waals surface area contributed by atoms with E-state index in [0.717, 1.165) is 13.2 Å². The number of hydrogen-bond donors (Lipinski definition) is 2. The number of ether oxygens (including phenoxy) is 1. The Morgan fingerprint density at radius 3 is 2.26 bits per heavy atom. The molecule has 2 aromatic rings. The molecule has 1 aliphatic rings. The predicted molar refractivity (Wildman–Crippen MR) is 123 cm³/mol. The zero-order valence-corrected chi connectivity index (χ0v) is 19.9. The monoisotopic (exact) mass is 485 g/mol. The van der Waals surface area contributed by atoms with Gasteiger partial charge in [-0.15, -0.1) is 0 Å². The Balaban J connectivity index is 0.00000107. The summed E-state index contributed by atoms with van der Waals surface area (Å²) in [5, 5.41) is 11.7. The van der Waals surface area contributed by atoms with Crippen LogP contribution in [0, 0.1) is 5.92 Å². The van der Waals surface area contributed by atoms with Crippen molar-refractivity contribution in [2.24, 2.45) is 5.92 Å². The number of nitrogens with one attached hydrogen (secondary N) is 1. The molecule has 0 heterocycles. The number of carboxylic acid groups (broad SMARTS) is 1. The third-order valence-corrected chi connectivity index (χ3v) is 4.83. The summed E-state index contributed by atoms with van der Waals surface area (Å²) in [5.41, 5.74) is -0.323. The van der Waals surface area contributed by atoms with Crippen LogP contribution in [0.2, 0.25) is 0 Å². The first-order valence-corrected chi connectivity index (χ1v) is 11.1. The van der Waals surface area contributed by atoms with Crippen LogP contribution in [-0.4, -0.2) is 30.5 Å². The highest BCUT2D eigenvalue weighted by Gasteiger charge is 2.47. The Labute approximate surface area is 197 Å². The second-order valence-electron chi connectivity index (χ2n) is 7.38. The van der Waals surface area contributed by atoms with Gasteiger partial charge in [0.1, 0.15) is 5.75 Å². The number of carbonyl (C=O) groups is 2. The van der Waals surface area contributed by atoms with Crippen LogP contribution in [0.15, 0.2) is 42.5 Å². The lowest BCUT2D eigenvalue weighted by Gasteiger charge is -2.19. The van der Waals surface area contributed by atoms with Gasteiger partial charge in [-0.3, -0.25) is 4.79 Å². The molecule has 0 aliphatic heterocycles. The Morgan fingerprint density at radius 1 is 1.15 bits per heavy atom. The number of methoxy groups -OCH3 is 1. The fourth-order valence-corrected chi connectivity index (χ4v) is 3.19. The highest BCUT2D eigenvalue weighted by Crippen LogP contribution is 2.50. The van der Waals surface area contributed by atoms with Crippen molar-refractivity contribution in [2.45, 2.75) is 58.8 Å². The summed E-state index contributed by atoms with van der Waals surface area (Å²) in [4.78, 5) is 23.7. The molecule has 2 unspecified atom stereocenters. The first-order chi connectivity index (χ1) is 16.1. The van der Waals surface area contributed by atoms with Crippen LogP contribution in [-0.2, 0) is 10.7 Å². The third-order valence-electron chi connectivity index (χ3n) is 4.83. The maximum Gasteiger partial charge on any atom is 0.337 e. The molecule has 5 nitrogen and oxygen atoms in total. The average Bonchev–Trinajstić information content (AvgIpc) is 3.62. The lowest BCUT2D eigenvalue weighted by atomic mass is 10.0. The molecule has 1 saturated carbocycles. The van der Waals surface area contributed by atoms with Gasteiger partial charge in [-0.05, 0) is 42.2 Å². The number of alkyl halides is 4. The zero-order valence-electron chi connectivity index (χ0n) is 19.9. The highest BCUT2D eigenvalue weighted by atomic mass is 19.3. The number of halogens is 4. The molecule has 2 N–H and O–H groups in total. The normalized spacial score (nSPS) is 16.4. The number of carboxylic acids is 1. The molecular formula is C25H31F4NO4. The summed E-state index contributed by atoms with van der Waals surface area (Å²) in [6, 6.07) is 9.32.